The summed E-state index contributed by atoms with van der Waals surface area (Å²) in [7, 11) is -3.54. The van der Waals surface area contributed by atoms with Crippen molar-refractivity contribution in [2.45, 2.75) is 43.5 Å². The quantitative estimate of drug-likeness (QED) is 0.780. The van der Waals surface area contributed by atoms with Gasteiger partial charge in [-0.2, -0.15) is 4.31 Å². The van der Waals surface area contributed by atoms with Gasteiger partial charge in [0.15, 0.2) is 0 Å². The SMILES string of the molecule is CC1CCN(C2CCN(S(=O)(=O)c3cccnc3Cl)CC2)CC1. The fourth-order valence-corrected chi connectivity index (χ4v) is 5.44. The highest BCUT2D eigenvalue weighted by molar-refractivity contribution is 7.89. The molecule has 0 aliphatic carbocycles. The molecule has 0 atom stereocenters. The summed E-state index contributed by atoms with van der Waals surface area (Å²) in [6, 6.07) is 3.65. The molecule has 0 N–H and O–H groups in total. The van der Waals surface area contributed by atoms with Crippen LogP contribution in [0.25, 0.3) is 0 Å². The van der Waals surface area contributed by atoms with E-state index >= 15 is 0 Å². The summed E-state index contributed by atoms with van der Waals surface area (Å²) in [4.78, 5) is 6.55. The number of pyridine rings is 1. The zero-order valence-corrected chi connectivity index (χ0v) is 15.1. The summed E-state index contributed by atoms with van der Waals surface area (Å²) < 4.78 is 27.0. The minimum absolute atomic E-state index is 0.0552. The van der Waals surface area contributed by atoms with Crippen LogP contribution >= 0.6 is 11.6 Å². The van der Waals surface area contributed by atoms with Gasteiger partial charge in [-0.1, -0.05) is 18.5 Å². The van der Waals surface area contributed by atoms with Crippen molar-refractivity contribution in [2.24, 2.45) is 5.92 Å². The molecule has 5 nitrogen and oxygen atoms in total. The van der Waals surface area contributed by atoms with Gasteiger partial charge in [0, 0.05) is 25.3 Å². The molecule has 0 unspecified atom stereocenters. The van der Waals surface area contributed by atoms with Gasteiger partial charge in [0.1, 0.15) is 10.0 Å². The first kappa shape index (κ1) is 17.1. The highest BCUT2D eigenvalue weighted by atomic mass is 35.5. The van der Waals surface area contributed by atoms with Gasteiger partial charge in [-0.25, -0.2) is 13.4 Å². The molecular weight excluding hydrogens is 334 g/mol. The van der Waals surface area contributed by atoms with Crippen molar-refractivity contribution < 1.29 is 8.42 Å². The zero-order valence-electron chi connectivity index (χ0n) is 13.5. The maximum atomic E-state index is 12.7. The number of hydrogen-bond acceptors (Lipinski definition) is 4. The van der Waals surface area contributed by atoms with Crippen LogP contribution in [0.4, 0.5) is 0 Å². The Morgan fingerprint density at radius 2 is 1.78 bits per heavy atom. The Labute approximate surface area is 143 Å². The summed E-state index contributed by atoms with van der Waals surface area (Å²) in [6.45, 7) is 5.72. The van der Waals surface area contributed by atoms with Gasteiger partial charge in [0.05, 0.1) is 0 Å². The lowest BCUT2D eigenvalue weighted by molar-refractivity contribution is 0.101. The fourth-order valence-electron chi connectivity index (χ4n) is 3.54. The van der Waals surface area contributed by atoms with Gasteiger partial charge in [-0.15, -0.1) is 0 Å². The van der Waals surface area contributed by atoms with Gasteiger partial charge in [0.2, 0.25) is 10.0 Å². The van der Waals surface area contributed by atoms with E-state index in [1.165, 1.54) is 25.1 Å². The van der Waals surface area contributed by atoms with Crippen LogP contribution in [-0.2, 0) is 10.0 Å². The van der Waals surface area contributed by atoms with Gasteiger partial charge < -0.3 is 4.90 Å². The van der Waals surface area contributed by atoms with Crippen LogP contribution in [0.3, 0.4) is 0 Å². The van der Waals surface area contributed by atoms with Gasteiger partial charge in [0.25, 0.3) is 0 Å². The highest BCUT2D eigenvalue weighted by Gasteiger charge is 2.33. The molecule has 0 bridgehead atoms. The number of piperidine rings is 2. The van der Waals surface area contributed by atoms with Crippen molar-refractivity contribution >= 4 is 21.6 Å². The average Bonchev–Trinajstić information content (AvgIpc) is 2.56. The van der Waals surface area contributed by atoms with Crippen molar-refractivity contribution in [3.05, 3.63) is 23.5 Å². The first-order chi connectivity index (χ1) is 11.0. The molecule has 0 saturated carbocycles. The fraction of sp³-hybridized carbons (Fsp3) is 0.688. The molecule has 2 saturated heterocycles. The Hall–Kier alpha value is -0.690. The first-order valence-electron chi connectivity index (χ1n) is 8.33. The number of sulfonamides is 1. The largest absolute Gasteiger partial charge is 0.300 e. The maximum Gasteiger partial charge on any atom is 0.246 e. The van der Waals surface area contributed by atoms with Gasteiger partial charge in [-0.05, 0) is 56.8 Å². The summed E-state index contributed by atoms with van der Waals surface area (Å²) in [5, 5.41) is 0.0552. The van der Waals surface area contributed by atoms with Gasteiger partial charge in [-0.3, -0.25) is 0 Å². The standard InChI is InChI=1S/C16H24ClN3O2S/c1-13-4-9-19(10-5-13)14-6-11-20(12-7-14)23(21,22)15-3-2-8-18-16(15)17/h2-3,8,13-14H,4-7,9-12H2,1H3. The minimum atomic E-state index is -3.54. The van der Waals surface area contributed by atoms with Crippen LogP contribution in [0.15, 0.2) is 23.2 Å². The van der Waals surface area contributed by atoms with E-state index in [4.69, 9.17) is 11.6 Å². The Morgan fingerprint density at radius 1 is 1.13 bits per heavy atom. The van der Waals surface area contributed by atoms with E-state index in [0.717, 1.165) is 31.8 Å². The molecule has 0 radical (unpaired) electrons. The molecule has 0 spiro atoms. The highest BCUT2D eigenvalue weighted by Crippen LogP contribution is 2.28. The Balaban J connectivity index is 1.64. The monoisotopic (exact) mass is 357 g/mol. The van der Waals surface area contributed by atoms with E-state index < -0.39 is 10.0 Å². The lowest BCUT2D eigenvalue weighted by Crippen LogP contribution is -2.48. The lowest BCUT2D eigenvalue weighted by atomic mass is 9.95. The predicted molar refractivity (Wildman–Crippen MR) is 91.0 cm³/mol. The summed E-state index contributed by atoms with van der Waals surface area (Å²) in [5.74, 6) is 0.819. The Bertz CT molecular complexity index is 636. The molecule has 3 rings (SSSR count). The molecule has 1 aromatic rings. The van der Waals surface area contributed by atoms with E-state index in [9.17, 15) is 8.42 Å². The molecule has 7 heteroatoms. The number of nitrogens with zero attached hydrogens (tertiary/aromatic N) is 3. The van der Waals surface area contributed by atoms with E-state index in [1.807, 2.05) is 0 Å². The van der Waals surface area contributed by atoms with E-state index in [1.54, 1.807) is 10.4 Å². The van der Waals surface area contributed by atoms with Crippen LogP contribution in [0.2, 0.25) is 5.15 Å². The van der Waals surface area contributed by atoms with Crippen molar-refractivity contribution in [2.75, 3.05) is 26.2 Å². The molecule has 2 fully saturated rings. The van der Waals surface area contributed by atoms with Crippen LogP contribution in [-0.4, -0.2) is 54.8 Å². The number of aromatic nitrogens is 1. The summed E-state index contributed by atoms with van der Waals surface area (Å²) >= 11 is 5.97. The minimum Gasteiger partial charge on any atom is -0.300 e. The summed E-state index contributed by atoms with van der Waals surface area (Å²) in [5.41, 5.74) is 0. The van der Waals surface area contributed by atoms with Crippen molar-refractivity contribution in [1.29, 1.82) is 0 Å². The molecule has 0 aromatic carbocycles. The molecule has 1 aromatic heterocycles. The summed E-state index contributed by atoms with van der Waals surface area (Å²) in [6.07, 6.45) is 5.80. The van der Waals surface area contributed by atoms with Crippen molar-refractivity contribution in [1.82, 2.24) is 14.2 Å². The second-order valence-electron chi connectivity index (χ2n) is 6.65. The molecular formula is C16H24ClN3O2S. The van der Waals surface area contributed by atoms with Crippen LogP contribution < -0.4 is 0 Å². The van der Waals surface area contributed by atoms with Crippen molar-refractivity contribution in [3.63, 3.8) is 0 Å². The first-order valence-corrected chi connectivity index (χ1v) is 10.1. The third-order valence-corrected chi connectivity index (χ3v) is 7.44. The van der Waals surface area contributed by atoms with E-state index in [0.29, 0.717) is 19.1 Å². The van der Waals surface area contributed by atoms with Gasteiger partial charge >= 0.3 is 0 Å². The smallest absolute Gasteiger partial charge is 0.246 e. The second kappa shape index (κ2) is 7.05. The van der Waals surface area contributed by atoms with E-state index in [-0.39, 0.29) is 10.0 Å². The number of halogens is 1. The third kappa shape index (κ3) is 3.71. The Morgan fingerprint density at radius 3 is 2.39 bits per heavy atom. The molecule has 2 aliphatic heterocycles. The average molecular weight is 358 g/mol. The molecule has 2 aliphatic rings. The van der Waals surface area contributed by atoms with Crippen LogP contribution in [0.5, 0.6) is 0 Å². The van der Waals surface area contributed by atoms with E-state index in [2.05, 4.69) is 16.8 Å². The number of rotatable bonds is 3. The molecule has 128 valence electrons. The van der Waals surface area contributed by atoms with Crippen LogP contribution in [0, 0.1) is 5.92 Å². The number of hydrogen-bond donors (Lipinski definition) is 0. The third-order valence-electron chi connectivity index (χ3n) is 5.10. The van der Waals surface area contributed by atoms with Crippen molar-refractivity contribution in [3.8, 4) is 0 Å². The normalized spacial score (nSPS) is 23.2. The Kier molecular flexibility index (Phi) is 5.26. The molecule has 0 amide bonds. The molecule has 3 heterocycles. The maximum absolute atomic E-state index is 12.7. The second-order valence-corrected chi connectivity index (χ2v) is 8.91. The number of likely N-dealkylation sites (tertiary alicyclic amines) is 1. The predicted octanol–water partition coefficient (Wildman–Crippen LogP) is 2.62. The molecule has 23 heavy (non-hydrogen) atoms. The zero-order chi connectivity index (χ0) is 16.4. The topological polar surface area (TPSA) is 53.5 Å². The van der Waals surface area contributed by atoms with Crippen LogP contribution in [0.1, 0.15) is 32.6 Å². The lowest BCUT2D eigenvalue weighted by Gasteiger charge is -2.41.